The lowest BCUT2D eigenvalue weighted by atomic mass is 9.96. The number of hydrogen-bond donors (Lipinski definition) is 1. The molecule has 0 spiro atoms. The number of aromatic nitrogens is 2. The summed E-state index contributed by atoms with van der Waals surface area (Å²) in [5.74, 6) is 0.0436. The van der Waals surface area contributed by atoms with E-state index in [4.69, 9.17) is 0 Å². The Balaban J connectivity index is 1.64. The molecular weight excluding hydrogens is 338 g/mol. The zero-order valence-electron chi connectivity index (χ0n) is 14.6. The molecule has 3 amide bonds. The molecule has 1 saturated heterocycles. The van der Waals surface area contributed by atoms with Crippen molar-refractivity contribution >= 4 is 39.4 Å². The number of likely N-dealkylation sites (tertiary alicyclic amines) is 1. The van der Waals surface area contributed by atoms with Crippen LogP contribution in [0.4, 0.5) is 10.5 Å². The van der Waals surface area contributed by atoms with E-state index < -0.39 is 0 Å². The summed E-state index contributed by atoms with van der Waals surface area (Å²) in [6, 6.07) is 5.40. The summed E-state index contributed by atoms with van der Waals surface area (Å²) in [7, 11) is 0. The summed E-state index contributed by atoms with van der Waals surface area (Å²) in [5, 5.41) is 6.94. The summed E-state index contributed by atoms with van der Waals surface area (Å²) in [4.78, 5) is 28.7. The van der Waals surface area contributed by atoms with Crippen LogP contribution in [-0.2, 0) is 4.79 Å². The minimum atomic E-state index is -0.167. The SMILES string of the molecule is CCN(CC)C(=O)[C@@H]1CCCN(C(=O)Nc2ccc3snnc3c2)C1. The van der Waals surface area contributed by atoms with Gasteiger partial charge in [-0.25, -0.2) is 4.79 Å². The molecule has 0 aliphatic carbocycles. The van der Waals surface area contributed by atoms with Gasteiger partial charge in [0.1, 0.15) is 5.52 Å². The Morgan fingerprint density at radius 2 is 2.16 bits per heavy atom. The summed E-state index contributed by atoms with van der Waals surface area (Å²) >= 11 is 1.33. The smallest absolute Gasteiger partial charge is 0.321 e. The summed E-state index contributed by atoms with van der Waals surface area (Å²) in [6.07, 6.45) is 1.69. The fraction of sp³-hybridized carbons (Fsp3) is 0.529. The Labute approximate surface area is 151 Å². The Hall–Kier alpha value is -2.22. The van der Waals surface area contributed by atoms with Gasteiger partial charge in [-0.15, -0.1) is 5.10 Å². The highest BCUT2D eigenvalue weighted by Crippen LogP contribution is 2.22. The second-order valence-electron chi connectivity index (χ2n) is 6.18. The van der Waals surface area contributed by atoms with Gasteiger partial charge in [-0.1, -0.05) is 4.49 Å². The van der Waals surface area contributed by atoms with E-state index in [0.717, 1.165) is 23.1 Å². The van der Waals surface area contributed by atoms with E-state index in [1.165, 1.54) is 11.5 Å². The Kier molecular flexibility index (Phi) is 5.47. The van der Waals surface area contributed by atoms with Gasteiger partial charge in [-0.05, 0) is 56.4 Å². The maximum atomic E-state index is 12.6. The normalized spacial score (nSPS) is 17.5. The largest absolute Gasteiger partial charge is 0.343 e. The Bertz CT molecular complexity index is 758. The van der Waals surface area contributed by atoms with E-state index in [-0.39, 0.29) is 17.9 Å². The molecule has 8 heteroatoms. The van der Waals surface area contributed by atoms with Crippen LogP contribution in [-0.4, -0.2) is 57.5 Å². The average molecular weight is 361 g/mol. The number of nitrogens with one attached hydrogen (secondary N) is 1. The quantitative estimate of drug-likeness (QED) is 0.908. The monoisotopic (exact) mass is 361 g/mol. The average Bonchev–Trinajstić information content (AvgIpc) is 3.10. The highest BCUT2D eigenvalue weighted by molar-refractivity contribution is 7.12. The van der Waals surface area contributed by atoms with Crippen LogP contribution >= 0.6 is 11.5 Å². The maximum Gasteiger partial charge on any atom is 0.321 e. The van der Waals surface area contributed by atoms with Gasteiger partial charge in [-0.2, -0.15) is 0 Å². The van der Waals surface area contributed by atoms with Gasteiger partial charge in [0.05, 0.1) is 10.6 Å². The van der Waals surface area contributed by atoms with Crippen LogP contribution in [0.5, 0.6) is 0 Å². The molecule has 0 saturated carbocycles. The van der Waals surface area contributed by atoms with Gasteiger partial charge in [-0.3, -0.25) is 4.79 Å². The van der Waals surface area contributed by atoms with Crippen LogP contribution in [0.2, 0.25) is 0 Å². The Morgan fingerprint density at radius 3 is 2.92 bits per heavy atom. The predicted octanol–water partition coefficient (Wildman–Crippen LogP) is 2.80. The maximum absolute atomic E-state index is 12.6. The van der Waals surface area contributed by atoms with Crippen LogP contribution in [0.15, 0.2) is 18.2 Å². The number of urea groups is 1. The first-order chi connectivity index (χ1) is 12.1. The molecule has 1 N–H and O–H groups in total. The minimum Gasteiger partial charge on any atom is -0.343 e. The van der Waals surface area contributed by atoms with Crippen molar-refractivity contribution in [2.75, 3.05) is 31.5 Å². The molecule has 0 unspecified atom stereocenters. The molecule has 2 aromatic rings. The second kappa shape index (κ2) is 7.77. The van der Waals surface area contributed by atoms with Crippen LogP contribution in [0.25, 0.3) is 10.2 Å². The second-order valence-corrected chi connectivity index (χ2v) is 6.97. The summed E-state index contributed by atoms with van der Waals surface area (Å²) in [5.41, 5.74) is 1.47. The number of fused-ring (bicyclic) bond motifs is 1. The number of piperidine rings is 1. The van der Waals surface area contributed by atoms with Crippen molar-refractivity contribution in [3.05, 3.63) is 18.2 Å². The number of benzene rings is 1. The van der Waals surface area contributed by atoms with Crippen LogP contribution < -0.4 is 5.32 Å². The van der Waals surface area contributed by atoms with Gasteiger partial charge in [0.25, 0.3) is 0 Å². The lowest BCUT2D eigenvalue weighted by molar-refractivity contribution is -0.136. The molecule has 2 heterocycles. The van der Waals surface area contributed by atoms with Crippen molar-refractivity contribution in [1.29, 1.82) is 0 Å². The van der Waals surface area contributed by atoms with Crippen molar-refractivity contribution in [2.45, 2.75) is 26.7 Å². The lowest BCUT2D eigenvalue weighted by Crippen LogP contribution is -2.47. The molecule has 7 nitrogen and oxygen atoms in total. The molecule has 25 heavy (non-hydrogen) atoms. The van der Waals surface area contributed by atoms with Crippen molar-refractivity contribution in [2.24, 2.45) is 5.92 Å². The van der Waals surface area contributed by atoms with Gasteiger partial charge < -0.3 is 15.1 Å². The third-order valence-corrected chi connectivity index (χ3v) is 5.34. The number of amides is 3. The van der Waals surface area contributed by atoms with Crippen molar-refractivity contribution in [1.82, 2.24) is 19.4 Å². The zero-order chi connectivity index (χ0) is 17.8. The fourth-order valence-corrected chi connectivity index (χ4v) is 3.76. The number of anilines is 1. The third-order valence-electron chi connectivity index (χ3n) is 4.63. The van der Waals surface area contributed by atoms with Crippen molar-refractivity contribution in [3.63, 3.8) is 0 Å². The van der Waals surface area contributed by atoms with Gasteiger partial charge >= 0.3 is 6.03 Å². The highest BCUT2D eigenvalue weighted by Gasteiger charge is 2.30. The summed E-state index contributed by atoms with van der Waals surface area (Å²) in [6.45, 7) is 6.53. The molecule has 1 aliphatic heterocycles. The number of carbonyl (C=O) groups is 2. The molecular formula is C17H23N5O2S. The molecule has 0 bridgehead atoms. The fourth-order valence-electron chi connectivity index (χ4n) is 3.22. The number of rotatable bonds is 4. The van der Waals surface area contributed by atoms with E-state index in [9.17, 15) is 9.59 Å². The van der Waals surface area contributed by atoms with Crippen molar-refractivity contribution in [3.8, 4) is 0 Å². The van der Waals surface area contributed by atoms with Gasteiger partial charge in [0.15, 0.2) is 0 Å². The zero-order valence-corrected chi connectivity index (χ0v) is 15.4. The first kappa shape index (κ1) is 17.6. The topological polar surface area (TPSA) is 78.4 Å². The first-order valence-electron chi connectivity index (χ1n) is 8.69. The third kappa shape index (κ3) is 3.89. The van der Waals surface area contributed by atoms with E-state index in [1.807, 2.05) is 36.9 Å². The molecule has 1 atom stereocenters. The standard InChI is InChI=1S/C17H23N5O2S/c1-3-21(4-2)16(23)12-6-5-9-22(11-12)17(24)18-13-7-8-15-14(10-13)19-20-25-15/h7-8,10,12H,3-6,9,11H2,1-2H3,(H,18,24)/t12-/m1/s1. The summed E-state index contributed by atoms with van der Waals surface area (Å²) < 4.78 is 4.89. The van der Waals surface area contributed by atoms with Gasteiger partial charge in [0.2, 0.25) is 5.91 Å². The van der Waals surface area contributed by atoms with E-state index in [0.29, 0.717) is 31.9 Å². The van der Waals surface area contributed by atoms with E-state index in [2.05, 4.69) is 14.9 Å². The predicted molar refractivity (Wildman–Crippen MR) is 98.7 cm³/mol. The number of hydrogen-bond acceptors (Lipinski definition) is 5. The molecule has 3 rings (SSSR count). The first-order valence-corrected chi connectivity index (χ1v) is 9.46. The van der Waals surface area contributed by atoms with Crippen molar-refractivity contribution < 1.29 is 9.59 Å². The molecule has 1 aromatic carbocycles. The minimum absolute atomic E-state index is 0.107. The van der Waals surface area contributed by atoms with Gasteiger partial charge in [0, 0.05) is 31.9 Å². The van der Waals surface area contributed by atoms with Crippen LogP contribution in [0.3, 0.4) is 0 Å². The Morgan fingerprint density at radius 1 is 1.36 bits per heavy atom. The van der Waals surface area contributed by atoms with E-state index in [1.54, 1.807) is 4.90 Å². The van der Waals surface area contributed by atoms with Crippen LogP contribution in [0.1, 0.15) is 26.7 Å². The number of carbonyl (C=O) groups excluding carboxylic acids is 2. The molecule has 0 radical (unpaired) electrons. The number of nitrogens with zero attached hydrogens (tertiary/aromatic N) is 4. The molecule has 1 aromatic heterocycles. The molecule has 1 aliphatic rings. The van der Waals surface area contributed by atoms with Crippen LogP contribution in [0, 0.1) is 5.92 Å². The lowest BCUT2D eigenvalue weighted by Gasteiger charge is -2.34. The highest BCUT2D eigenvalue weighted by atomic mass is 32.1. The molecule has 1 fully saturated rings. The molecule has 134 valence electrons. The van der Waals surface area contributed by atoms with E-state index >= 15 is 0 Å².